The highest BCUT2D eigenvalue weighted by atomic mass is 19.1. The predicted molar refractivity (Wildman–Crippen MR) is 54.9 cm³/mol. The third kappa shape index (κ3) is 1.47. The van der Waals surface area contributed by atoms with Gasteiger partial charge in [0.25, 0.3) is 0 Å². The number of aromatic nitrogens is 4. The summed E-state index contributed by atoms with van der Waals surface area (Å²) < 4.78 is 14.6. The second-order valence-corrected chi connectivity index (χ2v) is 3.63. The van der Waals surface area contributed by atoms with Crippen LogP contribution >= 0.6 is 0 Å². The molecule has 6 heteroatoms. The first-order chi connectivity index (χ1) is 7.84. The van der Waals surface area contributed by atoms with Crippen LogP contribution in [0, 0.1) is 5.82 Å². The summed E-state index contributed by atoms with van der Waals surface area (Å²) in [5.41, 5.74) is 1.92. The van der Waals surface area contributed by atoms with Crippen LogP contribution in [0.1, 0.15) is 5.69 Å². The first kappa shape index (κ1) is 9.41. The molecule has 0 saturated carbocycles. The van der Waals surface area contributed by atoms with Gasteiger partial charge in [0.15, 0.2) is 11.6 Å². The van der Waals surface area contributed by atoms with Crippen LogP contribution in [0.2, 0.25) is 0 Å². The van der Waals surface area contributed by atoms with Gasteiger partial charge in [-0.3, -0.25) is 4.68 Å². The van der Waals surface area contributed by atoms with Crippen LogP contribution in [0.25, 0.3) is 11.4 Å². The van der Waals surface area contributed by atoms with E-state index in [-0.39, 0.29) is 0 Å². The largest absolute Gasteiger partial charge is 0.309 e. The highest BCUT2D eigenvalue weighted by Crippen LogP contribution is 2.20. The van der Waals surface area contributed by atoms with Crippen LogP contribution in [-0.4, -0.2) is 26.3 Å². The molecule has 0 aliphatic carbocycles. The Bertz CT molecular complexity index is 504. The SMILES string of the molecule is Fc1cnc(-c2cnn3c2CNCC3)nc1. The van der Waals surface area contributed by atoms with E-state index in [9.17, 15) is 4.39 Å². The van der Waals surface area contributed by atoms with Gasteiger partial charge in [-0.05, 0) is 0 Å². The quantitative estimate of drug-likeness (QED) is 0.762. The van der Waals surface area contributed by atoms with Crippen molar-refractivity contribution >= 4 is 0 Å². The lowest BCUT2D eigenvalue weighted by atomic mass is 10.2. The monoisotopic (exact) mass is 219 g/mol. The van der Waals surface area contributed by atoms with E-state index < -0.39 is 5.82 Å². The van der Waals surface area contributed by atoms with Gasteiger partial charge in [-0.2, -0.15) is 5.10 Å². The molecule has 2 aromatic rings. The zero-order chi connectivity index (χ0) is 11.0. The van der Waals surface area contributed by atoms with E-state index in [1.165, 1.54) is 12.4 Å². The van der Waals surface area contributed by atoms with Gasteiger partial charge in [0.1, 0.15) is 0 Å². The Kier molecular flexibility index (Phi) is 2.14. The molecular formula is C10H10FN5. The number of fused-ring (bicyclic) bond motifs is 1. The minimum absolute atomic E-state index is 0.428. The molecule has 82 valence electrons. The molecule has 0 aromatic carbocycles. The van der Waals surface area contributed by atoms with Crippen molar-refractivity contribution in [3.8, 4) is 11.4 Å². The number of rotatable bonds is 1. The second kappa shape index (κ2) is 3.64. The lowest BCUT2D eigenvalue weighted by Gasteiger charge is -2.15. The molecule has 0 atom stereocenters. The van der Waals surface area contributed by atoms with E-state index in [1.807, 2.05) is 4.68 Å². The summed E-state index contributed by atoms with van der Waals surface area (Å²) in [5, 5.41) is 7.52. The van der Waals surface area contributed by atoms with Crippen molar-refractivity contribution in [2.75, 3.05) is 6.54 Å². The molecular weight excluding hydrogens is 209 g/mol. The smallest absolute Gasteiger partial charge is 0.162 e. The topological polar surface area (TPSA) is 55.6 Å². The number of hydrogen-bond donors (Lipinski definition) is 1. The minimum Gasteiger partial charge on any atom is -0.309 e. The van der Waals surface area contributed by atoms with Gasteiger partial charge in [-0.25, -0.2) is 14.4 Å². The highest BCUT2D eigenvalue weighted by Gasteiger charge is 2.16. The lowest BCUT2D eigenvalue weighted by molar-refractivity contribution is 0.476. The van der Waals surface area contributed by atoms with E-state index >= 15 is 0 Å². The van der Waals surface area contributed by atoms with E-state index in [2.05, 4.69) is 20.4 Å². The van der Waals surface area contributed by atoms with Gasteiger partial charge in [-0.15, -0.1) is 0 Å². The molecule has 0 amide bonds. The molecule has 0 saturated heterocycles. The maximum absolute atomic E-state index is 12.7. The molecule has 3 rings (SSSR count). The summed E-state index contributed by atoms with van der Waals surface area (Å²) >= 11 is 0. The molecule has 1 aliphatic heterocycles. The van der Waals surface area contributed by atoms with E-state index in [4.69, 9.17) is 0 Å². The molecule has 0 unspecified atom stereocenters. The molecule has 3 heterocycles. The van der Waals surface area contributed by atoms with Crippen LogP contribution < -0.4 is 5.32 Å². The minimum atomic E-state index is -0.428. The molecule has 1 aliphatic rings. The Morgan fingerprint density at radius 1 is 1.25 bits per heavy atom. The summed E-state index contributed by atoms with van der Waals surface area (Å²) in [6, 6.07) is 0. The van der Waals surface area contributed by atoms with E-state index in [0.29, 0.717) is 5.82 Å². The Morgan fingerprint density at radius 3 is 2.88 bits per heavy atom. The molecule has 16 heavy (non-hydrogen) atoms. The average Bonchev–Trinajstić information content (AvgIpc) is 2.74. The summed E-state index contributed by atoms with van der Waals surface area (Å²) in [5.74, 6) is 0.0919. The van der Waals surface area contributed by atoms with Gasteiger partial charge >= 0.3 is 0 Å². The number of nitrogens with zero attached hydrogens (tertiary/aromatic N) is 4. The van der Waals surface area contributed by atoms with Crippen LogP contribution in [0.3, 0.4) is 0 Å². The molecule has 5 nitrogen and oxygen atoms in total. The van der Waals surface area contributed by atoms with Crippen LogP contribution in [-0.2, 0) is 13.1 Å². The Balaban J connectivity index is 2.06. The van der Waals surface area contributed by atoms with Crippen LogP contribution in [0.5, 0.6) is 0 Å². The fourth-order valence-electron chi connectivity index (χ4n) is 1.82. The van der Waals surface area contributed by atoms with Crippen LogP contribution in [0.4, 0.5) is 4.39 Å². The zero-order valence-electron chi connectivity index (χ0n) is 8.52. The predicted octanol–water partition coefficient (Wildman–Crippen LogP) is 0.582. The maximum atomic E-state index is 12.7. The van der Waals surface area contributed by atoms with Crippen molar-refractivity contribution in [2.24, 2.45) is 0 Å². The van der Waals surface area contributed by atoms with Gasteiger partial charge in [0, 0.05) is 13.1 Å². The second-order valence-electron chi connectivity index (χ2n) is 3.63. The highest BCUT2D eigenvalue weighted by molar-refractivity contribution is 5.57. The van der Waals surface area contributed by atoms with Crippen molar-refractivity contribution in [1.29, 1.82) is 0 Å². The summed E-state index contributed by atoms with van der Waals surface area (Å²) in [7, 11) is 0. The fourth-order valence-corrected chi connectivity index (χ4v) is 1.82. The van der Waals surface area contributed by atoms with Crippen molar-refractivity contribution in [3.63, 3.8) is 0 Å². The van der Waals surface area contributed by atoms with Crippen molar-refractivity contribution in [2.45, 2.75) is 13.1 Å². The van der Waals surface area contributed by atoms with Crippen molar-refractivity contribution in [1.82, 2.24) is 25.1 Å². The van der Waals surface area contributed by atoms with E-state index in [0.717, 1.165) is 30.9 Å². The first-order valence-corrected chi connectivity index (χ1v) is 5.08. The summed E-state index contributed by atoms with van der Waals surface area (Å²) in [6.45, 7) is 2.50. The van der Waals surface area contributed by atoms with Crippen LogP contribution in [0.15, 0.2) is 18.6 Å². The Hall–Kier alpha value is -1.82. The standard InChI is InChI=1S/C10H10FN5/c11-7-3-13-10(14-4-7)8-5-15-16-2-1-12-6-9(8)16/h3-5,12H,1-2,6H2. The van der Waals surface area contributed by atoms with Crippen molar-refractivity contribution < 1.29 is 4.39 Å². The van der Waals surface area contributed by atoms with Gasteiger partial charge in [-0.1, -0.05) is 0 Å². The van der Waals surface area contributed by atoms with Gasteiger partial charge in [0.2, 0.25) is 0 Å². The number of hydrogen-bond acceptors (Lipinski definition) is 4. The first-order valence-electron chi connectivity index (χ1n) is 5.08. The Morgan fingerprint density at radius 2 is 2.06 bits per heavy atom. The maximum Gasteiger partial charge on any atom is 0.162 e. The van der Waals surface area contributed by atoms with E-state index in [1.54, 1.807) is 6.20 Å². The Labute approximate surface area is 91.3 Å². The number of nitrogens with one attached hydrogen (secondary N) is 1. The van der Waals surface area contributed by atoms with Gasteiger partial charge in [0.05, 0.1) is 36.4 Å². The summed E-state index contributed by atoms with van der Waals surface area (Å²) in [4.78, 5) is 7.92. The molecule has 1 N–H and O–H groups in total. The normalized spacial score (nSPS) is 14.8. The molecule has 0 bridgehead atoms. The molecule has 0 radical (unpaired) electrons. The van der Waals surface area contributed by atoms with Crippen molar-refractivity contribution in [3.05, 3.63) is 30.1 Å². The average molecular weight is 219 g/mol. The third-order valence-corrected chi connectivity index (χ3v) is 2.60. The van der Waals surface area contributed by atoms with Gasteiger partial charge < -0.3 is 5.32 Å². The lowest BCUT2D eigenvalue weighted by Crippen LogP contribution is -2.28. The molecule has 0 fully saturated rings. The fraction of sp³-hybridized carbons (Fsp3) is 0.300. The number of halogens is 1. The zero-order valence-corrected chi connectivity index (χ0v) is 8.52. The third-order valence-electron chi connectivity index (χ3n) is 2.60. The summed E-state index contributed by atoms with van der Waals surface area (Å²) in [6.07, 6.45) is 4.07. The molecule has 0 spiro atoms. The molecule has 2 aromatic heterocycles.